The molecule has 0 spiro atoms. The summed E-state index contributed by atoms with van der Waals surface area (Å²) in [5.41, 5.74) is -0.555. The molecule has 0 aliphatic carbocycles. The number of phenols is 1. The Morgan fingerprint density at radius 2 is 1.45 bits per heavy atom. The van der Waals surface area contributed by atoms with Crippen molar-refractivity contribution in [1.29, 1.82) is 0 Å². The van der Waals surface area contributed by atoms with Crippen LogP contribution in [0.3, 0.4) is 0 Å². The van der Waals surface area contributed by atoms with E-state index in [0.717, 1.165) is 24.5 Å². The average Bonchev–Trinajstić information content (AvgIpc) is 2.77. The maximum absolute atomic E-state index is 10.4. The topological polar surface area (TPSA) is 189 Å². The molecule has 1 aliphatic heterocycles. The molecule has 1 atom stereocenters. The lowest BCUT2D eigenvalue weighted by atomic mass is 9.93. The first-order valence-corrected chi connectivity index (χ1v) is 9.42. The van der Waals surface area contributed by atoms with E-state index in [1.807, 2.05) is 6.07 Å². The van der Waals surface area contributed by atoms with Gasteiger partial charge in [-0.15, -0.1) is 0 Å². The van der Waals surface area contributed by atoms with Crippen molar-refractivity contribution in [2.24, 2.45) is 0 Å². The maximum Gasteiger partial charge on any atom is 0.324 e. The summed E-state index contributed by atoms with van der Waals surface area (Å²) in [5.74, 6) is 0.976. The summed E-state index contributed by atoms with van der Waals surface area (Å²) in [4.78, 5) is 27.8. The summed E-state index contributed by atoms with van der Waals surface area (Å²) in [6.45, 7) is 3.11. The second-order valence-electron chi connectivity index (χ2n) is 6.75. The SMILES string of the molecule is COc1cc2c(c(OC)c1OC)C(C)NCC2.O=[N+]([O-])c1cc([N+](=O)[O-])c(O)c([N+](=O)[O-])c1. The minimum Gasteiger partial charge on any atom is -0.497 e. The molecule has 0 saturated heterocycles. The lowest BCUT2D eigenvalue weighted by molar-refractivity contribution is -0.404. The predicted octanol–water partition coefficient (Wildman–Crippen LogP) is 3.04. The van der Waals surface area contributed by atoms with E-state index in [2.05, 4.69) is 12.2 Å². The van der Waals surface area contributed by atoms with Gasteiger partial charge in [0.25, 0.3) is 11.4 Å². The van der Waals surface area contributed by atoms with Crippen LogP contribution in [0.15, 0.2) is 18.2 Å². The van der Waals surface area contributed by atoms with Crippen molar-refractivity contribution in [3.8, 4) is 23.0 Å². The molecule has 0 amide bonds. The summed E-state index contributed by atoms with van der Waals surface area (Å²) in [6, 6.07) is 3.21. The van der Waals surface area contributed by atoms with Crippen LogP contribution in [0.5, 0.6) is 23.0 Å². The summed E-state index contributed by atoms with van der Waals surface area (Å²) in [5, 5.41) is 43.6. The van der Waals surface area contributed by atoms with Gasteiger partial charge >= 0.3 is 11.4 Å². The summed E-state index contributed by atoms with van der Waals surface area (Å²) in [6.07, 6.45) is 0.983. The molecule has 178 valence electrons. The van der Waals surface area contributed by atoms with Gasteiger partial charge in [0, 0.05) is 11.6 Å². The van der Waals surface area contributed by atoms with E-state index in [0.29, 0.717) is 17.9 Å². The Hall–Kier alpha value is -4.20. The molecule has 2 aromatic rings. The van der Waals surface area contributed by atoms with Gasteiger partial charge in [0.2, 0.25) is 5.75 Å². The van der Waals surface area contributed by atoms with Gasteiger partial charge < -0.3 is 24.6 Å². The molecule has 2 aromatic carbocycles. The summed E-state index contributed by atoms with van der Waals surface area (Å²) >= 11 is 0. The van der Waals surface area contributed by atoms with Gasteiger partial charge in [-0.3, -0.25) is 30.3 Å². The van der Waals surface area contributed by atoms with Crippen LogP contribution in [-0.2, 0) is 6.42 Å². The molecule has 14 nitrogen and oxygen atoms in total. The molecule has 0 radical (unpaired) electrons. The number of hydrogen-bond acceptors (Lipinski definition) is 11. The third kappa shape index (κ3) is 5.17. The normalized spacial score (nSPS) is 14.2. The number of aromatic hydroxyl groups is 1. The lowest BCUT2D eigenvalue weighted by Crippen LogP contribution is -2.28. The Morgan fingerprint density at radius 1 is 0.909 bits per heavy atom. The second kappa shape index (κ2) is 10.4. The van der Waals surface area contributed by atoms with Crippen molar-refractivity contribution >= 4 is 17.1 Å². The van der Waals surface area contributed by atoms with E-state index in [-0.39, 0.29) is 6.04 Å². The van der Waals surface area contributed by atoms with E-state index in [9.17, 15) is 30.3 Å². The molecule has 0 fully saturated rings. The zero-order valence-electron chi connectivity index (χ0n) is 18.2. The Balaban J connectivity index is 0.000000234. The number of ether oxygens (including phenoxy) is 3. The van der Waals surface area contributed by atoms with Crippen molar-refractivity contribution in [3.05, 3.63) is 59.7 Å². The number of nitro groups is 3. The Labute approximate surface area is 187 Å². The van der Waals surface area contributed by atoms with E-state index in [1.54, 1.807) is 21.3 Å². The van der Waals surface area contributed by atoms with Gasteiger partial charge in [0.15, 0.2) is 11.5 Å². The van der Waals surface area contributed by atoms with Gasteiger partial charge in [-0.2, -0.15) is 0 Å². The van der Waals surface area contributed by atoms with Crippen molar-refractivity contribution in [2.75, 3.05) is 27.9 Å². The Bertz CT molecular complexity index is 1050. The van der Waals surface area contributed by atoms with Crippen molar-refractivity contribution in [1.82, 2.24) is 5.32 Å². The summed E-state index contributed by atoms with van der Waals surface area (Å²) in [7, 11) is 4.95. The minimum atomic E-state index is -1.21. The van der Waals surface area contributed by atoms with Gasteiger partial charge in [-0.1, -0.05) is 0 Å². The highest BCUT2D eigenvalue weighted by molar-refractivity contribution is 5.64. The van der Waals surface area contributed by atoms with Crippen LogP contribution in [0, 0.1) is 30.3 Å². The van der Waals surface area contributed by atoms with Crippen LogP contribution < -0.4 is 19.5 Å². The number of phenolic OH excluding ortho intramolecular Hbond substituents is 1. The van der Waals surface area contributed by atoms with Crippen LogP contribution in [0.2, 0.25) is 0 Å². The monoisotopic (exact) mass is 466 g/mol. The molecular formula is C19H22N4O10. The fraction of sp³-hybridized carbons (Fsp3) is 0.368. The van der Waals surface area contributed by atoms with Crippen molar-refractivity contribution in [2.45, 2.75) is 19.4 Å². The molecule has 33 heavy (non-hydrogen) atoms. The average molecular weight is 466 g/mol. The molecule has 0 saturated carbocycles. The molecule has 2 N–H and O–H groups in total. The van der Waals surface area contributed by atoms with Crippen LogP contribution in [0.4, 0.5) is 17.1 Å². The highest BCUT2D eigenvalue weighted by atomic mass is 16.6. The number of methoxy groups -OCH3 is 3. The van der Waals surface area contributed by atoms with E-state index < -0.39 is 37.6 Å². The van der Waals surface area contributed by atoms with Crippen LogP contribution in [0.1, 0.15) is 24.1 Å². The maximum atomic E-state index is 10.4. The van der Waals surface area contributed by atoms with Gasteiger partial charge in [0.1, 0.15) is 0 Å². The number of rotatable bonds is 6. The Morgan fingerprint density at radius 3 is 1.88 bits per heavy atom. The van der Waals surface area contributed by atoms with Gasteiger partial charge in [0.05, 0.1) is 48.2 Å². The molecule has 0 bridgehead atoms. The molecular weight excluding hydrogens is 444 g/mol. The lowest BCUT2D eigenvalue weighted by Gasteiger charge is -2.28. The first kappa shape index (κ1) is 25.1. The highest BCUT2D eigenvalue weighted by Crippen LogP contribution is 2.45. The number of hydrogen-bond donors (Lipinski definition) is 2. The largest absolute Gasteiger partial charge is 0.497 e. The van der Waals surface area contributed by atoms with E-state index in [1.165, 1.54) is 11.1 Å². The number of benzene rings is 2. The molecule has 0 aromatic heterocycles. The standard InChI is InChI=1S/C13H19NO3.C6H3N3O7/c1-8-11-9(5-6-14-8)7-10(15-2)12(16-3)13(11)17-4;10-6-4(8(13)14)1-3(7(11)12)2-5(6)9(15)16/h7-8,14H,5-6H2,1-4H3;1-2,10H. The van der Waals surface area contributed by atoms with Gasteiger partial charge in [-0.25, -0.2) is 0 Å². The predicted molar refractivity (Wildman–Crippen MR) is 114 cm³/mol. The zero-order chi connectivity index (χ0) is 24.9. The smallest absolute Gasteiger partial charge is 0.324 e. The van der Waals surface area contributed by atoms with Crippen LogP contribution in [0.25, 0.3) is 0 Å². The fourth-order valence-electron chi connectivity index (χ4n) is 3.41. The number of nitrogens with zero attached hydrogens (tertiary/aromatic N) is 3. The second-order valence-corrected chi connectivity index (χ2v) is 6.75. The van der Waals surface area contributed by atoms with E-state index in [4.69, 9.17) is 19.3 Å². The molecule has 1 unspecified atom stereocenters. The fourth-order valence-corrected chi connectivity index (χ4v) is 3.41. The molecule has 1 heterocycles. The van der Waals surface area contributed by atoms with Crippen LogP contribution in [-0.4, -0.2) is 47.8 Å². The Kier molecular flexibility index (Phi) is 7.90. The highest BCUT2D eigenvalue weighted by Gasteiger charge is 2.30. The first-order chi connectivity index (χ1) is 15.6. The van der Waals surface area contributed by atoms with Gasteiger partial charge in [-0.05, 0) is 31.5 Å². The minimum absolute atomic E-state index is 0.272. The quantitative estimate of drug-likeness (QED) is 0.470. The third-order valence-electron chi connectivity index (χ3n) is 4.89. The molecule has 1 aliphatic rings. The number of nitro benzene ring substituents is 3. The molecule has 14 heteroatoms. The number of non-ortho nitro benzene ring substituents is 1. The zero-order valence-corrected chi connectivity index (χ0v) is 18.2. The first-order valence-electron chi connectivity index (χ1n) is 9.42. The van der Waals surface area contributed by atoms with E-state index >= 15 is 0 Å². The summed E-state index contributed by atoms with van der Waals surface area (Å²) < 4.78 is 16.3. The van der Waals surface area contributed by atoms with Crippen molar-refractivity contribution < 1.29 is 34.1 Å². The molecule has 3 rings (SSSR count). The third-order valence-corrected chi connectivity index (χ3v) is 4.89. The van der Waals surface area contributed by atoms with Crippen LogP contribution >= 0.6 is 0 Å². The number of fused-ring (bicyclic) bond motifs is 1. The number of nitrogens with one attached hydrogen (secondary N) is 1. The van der Waals surface area contributed by atoms with Crippen molar-refractivity contribution in [3.63, 3.8) is 0 Å².